The lowest BCUT2D eigenvalue weighted by Gasteiger charge is -2.44. The Hall–Kier alpha value is -2.26. The maximum Gasteiger partial charge on any atom is 0.433 e. The summed E-state index contributed by atoms with van der Waals surface area (Å²) in [4.78, 5) is 23.7. The molecule has 2 aromatic rings. The van der Waals surface area contributed by atoms with Crippen LogP contribution in [0.3, 0.4) is 0 Å². The number of carbonyl (C=O) groups is 1. The number of amides is 1. The van der Waals surface area contributed by atoms with E-state index in [-0.39, 0.29) is 12.5 Å². The largest absolute Gasteiger partial charge is 0.433 e. The molecular formula is C16H15ClF3N5O. The van der Waals surface area contributed by atoms with Gasteiger partial charge in [-0.1, -0.05) is 0 Å². The zero-order valence-electron chi connectivity index (χ0n) is 13.7. The molecule has 0 radical (unpaired) electrons. The standard InChI is InChI=1S/C16H15ClF3N5O/c1-15(4-5-25(15)17)14(26)22-8-11-6-12(24-9-23-11)10-2-3-13(21-7-10)16(18,19)20/h2-3,6-7,9H,4-5,8H2,1H3,(H,22,26). The number of carbonyl (C=O) groups excluding carboxylic acids is 1. The summed E-state index contributed by atoms with van der Waals surface area (Å²) in [5.41, 5.74) is -0.353. The third kappa shape index (κ3) is 3.63. The fraction of sp³-hybridized carbons (Fsp3) is 0.375. The third-order valence-corrected chi connectivity index (χ3v) is 4.87. The van der Waals surface area contributed by atoms with E-state index in [0.29, 0.717) is 29.9 Å². The second kappa shape index (κ2) is 6.81. The van der Waals surface area contributed by atoms with E-state index in [1.807, 2.05) is 0 Å². The number of pyridine rings is 1. The van der Waals surface area contributed by atoms with E-state index < -0.39 is 17.4 Å². The van der Waals surface area contributed by atoms with Crippen LogP contribution in [0.25, 0.3) is 11.3 Å². The van der Waals surface area contributed by atoms with Crippen molar-refractivity contribution in [2.45, 2.75) is 31.6 Å². The highest BCUT2D eigenvalue weighted by molar-refractivity contribution is 6.16. The first kappa shape index (κ1) is 18.5. The van der Waals surface area contributed by atoms with Crippen molar-refractivity contribution < 1.29 is 18.0 Å². The normalized spacial score (nSPS) is 20.5. The zero-order chi connectivity index (χ0) is 18.9. The molecule has 0 aliphatic carbocycles. The Labute approximate surface area is 152 Å². The minimum atomic E-state index is -4.49. The van der Waals surface area contributed by atoms with Gasteiger partial charge >= 0.3 is 6.18 Å². The molecule has 1 N–H and O–H groups in total. The second-order valence-corrected chi connectivity index (χ2v) is 6.52. The molecule has 6 nitrogen and oxygen atoms in total. The van der Waals surface area contributed by atoms with Crippen molar-refractivity contribution in [3.63, 3.8) is 0 Å². The summed E-state index contributed by atoms with van der Waals surface area (Å²) in [5.74, 6) is -0.213. The maximum atomic E-state index is 12.6. The number of hydrogen-bond acceptors (Lipinski definition) is 5. The second-order valence-electron chi connectivity index (χ2n) is 6.12. The SMILES string of the molecule is CC1(C(=O)NCc2cc(-c3ccc(C(F)(F)F)nc3)ncn2)CCN1Cl. The summed E-state index contributed by atoms with van der Waals surface area (Å²) in [5, 5.41) is 2.76. The molecule has 1 amide bonds. The van der Waals surface area contributed by atoms with E-state index in [0.717, 1.165) is 12.3 Å². The summed E-state index contributed by atoms with van der Waals surface area (Å²) in [7, 11) is 0. The molecule has 0 saturated carbocycles. The van der Waals surface area contributed by atoms with Crippen molar-refractivity contribution in [3.05, 3.63) is 42.1 Å². The smallest absolute Gasteiger partial charge is 0.349 e. The van der Waals surface area contributed by atoms with E-state index in [1.54, 1.807) is 13.0 Å². The van der Waals surface area contributed by atoms with Crippen LogP contribution < -0.4 is 5.32 Å². The van der Waals surface area contributed by atoms with E-state index in [1.165, 1.54) is 16.8 Å². The van der Waals surface area contributed by atoms with Crippen LogP contribution in [-0.2, 0) is 17.5 Å². The maximum absolute atomic E-state index is 12.6. The van der Waals surface area contributed by atoms with Crippen molar-refractivity contribution in [2.24, 2.45) is 0 Å². The molecule has 1 atom stereocenters. The molecule has 1 saturated heterocycles. The average molecular weight is 386 g/mol. The topological polar surface area (TPSA) is 71.0 Å². The lowest BCUT2D eigenvalue weighted by atomic mass is 9.89. The highest BCUT2D eigenvalue weighted by Crippen LogP contribution is 2.32. The van der Waals surface area contributed by atoms with Crippen molar-refractivity contribution in [1.82, 2.24) is 24.7 Å². The monoisotopic (exact) mass is 385 g/mol. The molecule has 1 aliphatic heterocycles. The van der Waals surface area contributed by atoms with Gasteiger partial charge in [-0.25, -0.2) is 14.4 Å². The van der Waals surface area contributed by atoms with Crippen molar-refractivity contribution in [2.75, 3.05) is 6.54 Å². The van der Waals surface area contributed by atoms with Gasteiger partial charge in [0.15, 0.2) is 0 Å². The van der Waals surface area contributed by atoms with E-state index in [2.05, 4.69) is 20.3 Å². The van der Waals surface area contributed by atoms with Gasteiger partial charge in [0, 0.05) is 18.3 Å². The van der Waals surface area contributed by atoms with Crippen LogP contribution in [-0.4, -0.2) is 37.4 Å². The molecule has 10 heteroatoms. The fourth-order valence-corrected chi connectivity index (χ4v) is 2.73. The quantitative estimate of drug-likeness (QED) is 0.819. The molecule has 1 unspecified atom stereocenters. The molecule has 3 rings (SSSR count). The average Bonchev–Trinajstić information content (AvgIpc) is 2.63. The number of nitrogens with zero attached hydrogens (tertiary/aromatic N) is 4. The zero-order valence-corrected chi connectivity index (χ0v) is 14.5. The highest BCUT2D eigenvalue weighted by atomic mass is 35.5. The van der Waals surface area contributed by atoms with Gasteiger partial charge in [0.05, 0.1) is 17.9 Å². The van der Waals surface area contributed by atoms with Gasteiger partial charge in [0.1, 0.15) is 17.6 Å². The number of alkyl halides is 3. The van der Waals surface area contributed by atoms with Gasteiger partial charge in [0.2, 0.25) is 5.91 Å². The van der Waals surface area contributed by atoms with Gasteiger partial charge in [-0.3, -0.25) is 9.78 Å². The molecule has 1 aliphatic rings. The number of halogens is 4. The first-order valence-corrected chi connectivity index (χ1v) is 8.10. The Morgan fingerprint density at radius 3 is 2.65 bits per heavy atom. The third-order valence-electron chi connectivity index (χ3n) is 4.32. The first-order chi connectivity index (χ1) is 12.2. The summed E-state index contributed by atoms with van der Waals surface area (Å²) >= 11 is 5.94. The van der Waals surface area contributed by atoms with Gasteiger partial charge in [-0.2, -0.15) is 13.2 Å². The predicted molar refractivity (Wildman–Crippen MR) is 87.7 cm³/mol. The van der Waals surface area contributed by atoms with Gasteiger partial charge in [-0.15, -0.1) is 0 Å². The van der Waals surface area contributed by atoms with E-state index in [4.69, 9.17) is 11.8 Å². The molecule has 0 bridgehead atoms. The Morgan fingerprint density at radius 1 is 1.35 bits per heavy atom. The van der Waals surface area contributed by atoms with Crippen LogP contribution in [0.5, 0.6) is 0 Å². The highest BCUT2D eigenvalue weighted by Gasteiger charge is 2.46. The molecular weight excluding hydrogens is 371 g/mol. The van der Waals surface area contributed by atoms with Crippen LogP contribution in [0, 0.1) is 0 Å². The van der Waals surface area contributed by atoms with Crippen LogP contribution >= 0.6 is 11.8 Å². The molecule has 2 aromatic heterocycles. The van der Waals surface area contributed by atoms with Crippen LogP contribution in [0.4, 0.5) is 13.2 Å². The van der Waals surface area contributed by atoms with Crippen LogP contribution in [0.2, 0.25) is 0 Å². The summed E-state index contributed by atoms with van der Waals surface area (Å²) in [6.45, 7) is 2.55. The van der Waals surface area contributed by atoms with Gasteiger partial charge in [0.25, 0.3) is 0 Å². The molecule has 26 heavy (non-hydrogen) atoms. The van der Waals surface area contributed by atoms with Crippen LogP contribution in [0.1, 0.15) is 24.7 Å². The van der Waals surface area contributed by atoms with Crippen molar-refractivity contribution >= 4 is 17.7 Å². The Balaban J connectivity index is 1.69. The van der Waals surface area contributed by atoms with E-state index in [9.17, 15) is 18.0 Å². The summed E-state index contributed by atoms with van der Waals surface area (Å²) in [6, 6.07) is 3.78. The van der Waals surface area contributed by atoms with E-state index >= 15 is 0 Å². The lowest BCUT2D eigenvalue weighted by molar-refractivity contribution is -0.141. The number of aromatic nitrogens is 3. The predicted octanol–water partition coefficient (Wildman–Crippen LogP) is 2.79. The Kier molecular flexibility index (Phi) is 4.85. The van der Waals surface area contributed by atoms with Crippen LogP contribution in [0.15, 0.2) is 30.7 Å². The first-order valence-electron chi connectivity index (χ1n) is 7.76. The summed E-state index contributed by atoms with van der Waals surface area (Å²) in [6.07, 6.45) is -1.44. The van der Waals surface area contributed by atoms with Crippen molar-refractivity contribution in [1.29, 1.82) is 0 Å². The minimum Gasteiger partial charge on any atom is -0.349 e. The number of nitrogens with one attached hydrogen (secondary N) is 1. The molecule has 3 heterocycles. The Morgan fingerprint density at radius 2 is 2.12 bits per heavy atom. The van der Waals surface area contributed by atoms with Gasteiger partial charge < -0.3 is 5.32 Å². The number of hydrogen-bond donors (Lipinski definition) is 1. The fourth-order valence-electron chi connectivity index (χ4n) is 2.48. The molecule has 0 spiro atoms. The minimum absolute atomic E-state index is 0.155. The molecule has 1 fully saturated rings. The molecule has 0 aromatic carbocycles. The van der Waals surface area contributed by atoms with Crippen molar-refractivity contribution in [3.8, 4) is 11.3 Å². The Bertz CT molecular complexity index is 814. The number of rotatable bonds is 4. The lowest BCUT2D eigenvalue weighted by Crippen LogP contribution is -2.61. The van der Waals surface area contributed by atoms with Gasteiger partial charge in [-0.05, 0) is 43.3 Å². The summed E-state index contributed by atoms with van der Waals surface area (Å²) < 4.78 is 39.2. The molecule has 138 valence electrons.